The Kier molecular flexibility index (Phi) is 2.58. The molecule has 76 valence electrons. The Bertz CT molecular complexity index is 207. The molecule has 1 aliphatic carbocycles. The summed E-state index contributed by atoms with van der Waals surface area (Å²) < 4.78 is 0. The highest BCUT2D eigenvalue weighted by Gasteiger charge is 2.47. The van der Waals surface area contributed by atoms with Crippen LogP contribution in [-0.2, 0) is 4.79 Å². The van der Waals surface area contributed by atoms with Gasteiger partial charge in [-0.3, -0.25) is 4.79 Å². The van der Waals surface area contributed by atoms with Crippen LogP contribution in [0.2, 0.25) is 0 Å². The fourth-order valence-electron chi connectivity index (χ4n) is 1.47. The summed E-state index contributed by atoms with van der Waals surface area (Å²) in [5.41, 5.74) is 2.96. The SMILES string of the molecule is NC(=O)C1(O)C[C@@H](O)C(O)[C@H](O)C1. The molecule has 13 heavy (non-hydrogen) atoms. The maximum atomic E-state index is 10.7. The van der Waals surface area contributed by atoms with Gasteiger partial charge in [-0.2, -0.15) is 0 Å². The van der Waals surface area contributed by atoms with Crippen molar-refractivity contribution in [1.82, 2.24) is 0 Å². The summed E-state index contributed by atoms with van der Waals surface area (Å²) >= 11 is 0. The van der Waals surface area contributed by atoms with Gasteiger partial charge in [0.05, 0.1) is 12.2 Å². The highest BCUT2D eigenvalue weighted by atomic mass is 16.4. The van der Waals surface area contributed by atoms with Gasteiger partial charge in [0.1, 0.15) is 11.7 Å². The fraction of sp³-hybridized carbons (Fsp3) is 0.857. The Morgan fingerprint density at radius 1 is 1.23 bits per heavy atom. The second-order valence-electron chi connectivity index (χ2n) is 3.43. The molecule has 2 atom stereocenters. The van der Waals surface area contributed by atoms with E-state index in [2.05, 4.69) is 0 Å². The summed E-state index contributed by atoms with van der Waals surface area (Å²) in [7, 11) is 0. The van der Waals surface area contributed by atoms with E-state index >= 15 is 0 Å². The molecule has 1 fully saturated rings. The predicted molar refractivity (Wildman–Crippen MR) is 41.4 cm³/mol. The number of hydrogen-bond donors (Lipinski definition) is 5. The zero-order chi connectivity index (χ0) is 10.2. The number of primary amides is 1. The van der Waals surface area contributed by atoms with Crippen molar-refractivity contribution in [1.29, 1.82) is 0 Å². The lowest BCUT2D eigenvalue weighted by Gasteiger charge is -2.38. The zero-order valence-electron chi connectivity index (χ0n) is 6.92. The average molecular weight is 191 g/mol. The van der Waals surface area contributed by atoms with Gasteiger partial charge in [0.2, 0.25) is 5.91 Å². The topological polar surface area (TPSA) is 124 Å². The smallest absolute Gasteiger partial charge is 0.249 e. The van der Waals surface area contributed by atoms with Crippen LogP contribution in [0.5, 0.6) is 0 Å². The van der Waals surface area contributed by atoms with Gasteiger partial charge in [-0.1, -0.05) is 0 Å². The molecule has 0 radical (unpaired) electrons. The van der Waals surface area contributed by atoms with Crippen LogP contribution in [0, 0.1) is 0 Å². The van der Waals surface area contributed by atoms with Crippen molar-refractivity contribution >= 4 is 5.91 Å². The van der Waals surface area contributed by atoms with E-state index in [1.54, 1.807) is 0 Å². The maximum absolute atomic E-state index is 10.7. The molecule has 6 heteroatoms. The minimum absolute atomic E-state index is 0.347. The first-order valence-corrected chi connectivity index (χ1v) is 3.93. The lowest BCUT2D eigenvalue weighted by Crippen LogP contribution is -2.57. The molecule has 1 rings (SSSR count). The monoisotopic (exact) mass is 191 g/mol. The van der Waals surface area contributed by atoms with Crippen LogP contribution < -0.4 is 5.73 Å². The molecule has 0 bridgehead atoms. The molecule has 1 saturated carbocycles. The minimum atomic E-state index is -1.92. The van der Waals surface area contributed by atoms with E-state index in [1.165, 1.54) is 0 Å². The molecule has 0 heterocycles. The van der Waals surface area contributed by atoms with Crippen molar-refractivity contribution in [3.8, 4) is 0 Å². The van der Waals surface area contributed by atoms with Crippen molar-refractivity contribution in [2.75, 3.05) is 0 Å². The average Bonchev–Trinajstić information content (AvgIpc) is 2.00. The summed E-state index contributed by atoms with van der Waals surface area (Å²) in [4.78, 5) is 10.7. The van der Waals surface area contributed by atoms with E-state index in [0.717, 1.165) is 0 Å². The summed E-state index contributed by atoms with van der Waals surface area (Å²) in [6.07, 6.45) is -4.69. The molecular formula is C7H13NO5. The lowest BCUT2D eigenvalue weighted by molar-refractivity contribution is -0.170. The van der Waals surface area contributed by atoms with Gasteiger partial charge in [0.25, 0.3) is 0 Å². The number of hydrogen-bond acceptors (Lipinski definition) is 5. The zero-order valence-corrected chi connectivity index (χ0v) is 6.92. The molecule has 1 aliphatic rings. The van der Waals surface area contributed by atoms with Crippen molar-refractivity contribution < 1.29 is 25.2 Å². The van der Waals surface area contributed by atoms with Gasteiger partial charge >= 0.3 is 0 Å². The molecule has 0 aromatic carbocycles. The van der Waals surface area contributed by atoms with Crippen LogP contribution in [0.1, 0.15) is 12.8 Å². The molecule has 6 nitrogen and oxygen atoms in total. The Balaban J connectivity index is 2.79. The summed E-state index contributed by atoms with van der Waals surface area (Å²) in [5, 5.41) is 36.9. The Labute approximate surface area is 74.6 Å². The second kappa shape index (κ2) is 3.22. The van der Waals surface area contributed by atoms with Crippen LogP contribution in [-0.4, -0.2) is 50.2 Å². The highest BCUT2D eigenvalue weighted by molar-refractivity contribution is 5.83. The number of amides is 1. The molecule has 0 saturated heterocycles. The Morgan fingerprint density at radius 3 is 1.92 bits per heavy atom. The number of aliphatic hydroxyl groups excluding tert-OH is 3. The van der Waals surface area contributed by atoms with E-state index in [1.807, 2.05) is 0 Å². The molecular weight excluding hydrogens is 178 g/mol. The standard InChI is InChI=1S/C7H13NO5/c8-6(12)7(13)1-3(9)5(11)4(10)2-7/h3-5,9-11,13H,1-2H2,(H2,8,12)/t3-,4-,5?,7?/m1/s1. The van der Waals surface area contributed by atoms with E-state index in [4.69, 9.17) is 21.1 Å². The highest BCUT2D eigenvalue weighted by Crippen LogP contribution is 2.28. The quantitative estimate of drug-likeness (QED) is 0.304. The first-order valence-electron chi connectivity index (χ1n) is 3.93. The first-order chi connectivity index (χ1) is 5.87. The maximum Gasteiger partial charge on any atom is 0.249 e. The molecule has 0 aromatic rings. The van der Waals surface area contributed by atoms with Crippen LogP contribution in [0.25, 0.3) is 0 Å². The molecule has 0 aliphatic heterocycles. The molecule has 0 aromatic heterocycles. The van der Waals surface area contributed by atoms with Gasteiger partial charge in [-0.25, -0.2) is 0 Å². The lowest BCUT2D eigenvalue weighted by atomic mass is 9.79. The van der Waals surface area contributed by atoms with Crippen LogP contribution in [0.4, 0.5) is 0 Å². The molecule has 1 amide bonds. The first kappa shape index (κ1) is 10.4. The van der Waals surface area contributed by atoms with Crippen molar-refractivity contribution in [3.63, 3.8) is 0 Å². The van der Waals surface area contributed by atoms with E-state index in [9.17, 15) is 9.90 Å². The van der Waals surface area contributed by atoms with Crippen LogP contribution >= 0.6 is 0 Å². The van der Waals surface area contributed by atoms with Crippen LogP contribution in [0.15, 0.2) is 0 Å². The van der Waals surface area contributed by atoms with Gasteiger partial charge in [0.15, 0.2) is 0 Å². The van der Waals surface area contributed by atoms with Gasteiger partial charge in [-0.15, -0.1) is 0 Å². The van der Waals surface area contributed by atoms with Crippen molar-refractivity contribution in [2.45, 2.75) is 36.8 Å². The largest absolute Gasteiger partial charge is 0.390 e. The van der Waals surface area contributed by atoms with E-state index < -0.39 is 29.8 Å². The van der Waals surface area contributed by atoms with Gasteiger partial charge in [0, 0.05) is 12.8 Å². The van der Waals surface area contributed by atoms with Crippen molar-refractivity contribution in [2.24, 2.45) is 5.73 Å². The number of nitrogens with two attached hydrogens (primary N) is 1. The predicted octanol–water partition coefficient (Wildman–Crippen LogP) is -2.92. The van der Waals surface area contributed by atoms with E-state index in [0.29, 0.717) is 0 Å². The summed E-state index contributed by atoms with van der Waals surface area (Å²) in [6.45, 7) is 0. The molecule has 0 spiro atoms. The number of aliphatic hydroxyl groups is 4. The van der Waals surface area contributed by atoms with Gasteiger partial charge < -0.3 is 26.2 Å². The Morgan fingerprint density at radius 2 is 1.62 bits per heavy atom. The molecule has 0 unspecified atom stereocenters. The third-order valence-corrected chi connectivity index (χ3v) is 2.34. The van der Waals surface area contributed by atoms with E-state index in [-0.39, 0.29) is 12.8 Å². The third-order valence-electron chi connectivity index (χ3n) is 2.34. The molecule has 6 N–H and O–H groups in total. The number of carbonyl (C=O) groups excluding carboxylic acids is 1. The number of rotatable bonds is 1. The Hall–Kier alpha value is -0.690. The van der Waals surface area contributed by atoms with Gasteiger partial charge in [-0.05, 0) is 0 Å². The number of carbonyl (C=O) groups is 1. The fourth-order valence-corrected chi connectivity index (χ4v) is 1.47. The minimum Gasteiger partial charge on any atom is -0.390 e. The summed E-state index contributed by atoms with van der Waals surface area (Å²) in [6, 6.07) is 0. The summed E-state index contributed by atoms with van der Waals surface area (Å²) in [5.74, 6) is -1.00. The second-order valence-corrected chi connectivity index (χ2v) is 3.43. The third kappa shape index (κ3) is 1.80. The van der Waals surface area contributed by atoms with Crippen LogP contribution in [0.3, 0.4) is 0 Å². The normalized spacial score (nSPS) is 46.0. The van der Waals surface area contributed by atoms with Crippen molar-refractivity contribution in [3.05, 3.63) is 0 Å².